The maximum absolute atomic E-state index is 4.51. The number of hydrogen-bond acceptors (Lipinski definition) is 4. The maximum atomic E-state index is 4.51. The number of hydrogen-bond donors (Lipinski definition) is 1. The molecule has 0 amide bonds. The molecule has 0 aliphatic carbocycles. The monoisotopic (exact) mass is 270 g/mol. The Bertz CT molecular complexity index is 552. The largest absolute Gasteiger partial charge is 0.368 e. The molecule has 0 aliphatic rings. The number of nitrogens with one attached hydrogen (secondary N) is 1. The number of aryl methyl sites for hydroxylation is 1. The Labute approximate surface area is 120 Å². The van der Waals surface area contributed by atoms with Gasteiger partial charge in [0.05, 0.1) is 0 Å². The van der Waals surface area contributed by atoms with E-state index in [0.717, 1.165) is 24.0 Å². The van der Waals surface area contributed by atoms with Crippen molar-refractivity contribution >= 4 is 11.6 Å². The van der Waals surface area contributed by atoms with Gasteiger partial charge in [-0.2, -0.15) is 0 Å². The first kappa shape index (κ1) is 14.3. The van der Waals surface area contributed by atoms with E-state index in [4.69, 9.17) is 0 Å². The van der Waals surface area contributed by atoms with Crippen molar-refractivity contribution < 1.29 is 0 Å². The summed E-state index contributed by atoms with van der Waals surface area (Å²) < 4.78 is 0. The van der Waals surface area contributed by atoms with Crippen LogP contribution in [0.2, 0.25) is 0 Å². The Morgan fingerprint density at radius 1 is 1.15 bits per heavy atom. The highest BCUT2D eigenvalue weighted by molar-refractivity contribution is 5.49. The summed E-state index contributed by atoms with van der Waals surface area (Å²) in [5.74, 6) is 2.59. The van der Waals surface area contributed by atoms with Crippen molar-refractivity contribution in [2.24, 2.45) is 0 Å². The van der Waals surface area contributed by atoms with Crippen molar-refractivity contribution in [3.8, 4) is 0 Å². The van der Waals surface area contributed by atoms with E-state index in [2.05, 4.69) is 58.3 Å². The second kappa shape index (κ2) is 6.37. The van der Waals surface area contributed by atoms with Gasteiger partial charge >= 0.3 is 0 Å². The molecular formula is C16H22N4. The summed E-state index contributed by atoms with van der Waals surface area (Å²) >= 11 is 0. The van der Waals surface area contributed by atoms with Gasteiger partial charge in [-0.15, -0.1) is 0 Å². The molecular weight excluding hydrogens is 248 g/mol. The minimum Gasteiger partial charge on any atom is -0.368 e. The van der Waals surface area contributed by atoms with E-state index < -0.39 is 0 Å². The summed E-state index contributed by atoms with van der Waals surface area (Å²) in [6, 6.07) is 12.7. The molecule has 1 N–H and O–H groups in total. The van der Waals surface area contributed by atoms with Crippen molar-refractivity contribution in [1.29, 1.82) is 0 Å². The molecule has 1 heterocycles. The molecule has 2 rings (SSSR count). The summed E-state index contributed by atoms with van der Waals surface area (Å²) in [5, 5.41) is 3.33. The van der Waals surface area contributed by atoms with Gasteiger partial charge in [-0.05, 0) is 26.3 Å². The van der Waals surface area contributed by atoms with Crippen LogP contribution >= 0.6 is 0 Å². The molecule has 0 bridgehead atoms. The smallest absolute Gasteiger partial charge is 0.134 e. The van der Waals surface area contributed by atoms with E-state index in [1.54, 1.807) is 0 Å². The molecule has 4 heteroatoms. The normalized spacial score (nSPS) is 10.7. The summed E-state index contributed by atoms with van der Waals surface area (Å²) in [6.07, 6.45) is 0. The van der Waals surface area contributed by atoms with Crippen LogP contribution in [0, 0.1) is 6.92 Å². The number of rotatable bonds is 5. The molecule has 4 nitrogen and oxygen atoms in total. The van der Waals surface area contributed by atoms with E-state index in [-0.39, 0.29) is 0 Å². The van der Waals surface area contributed by atoms with Crippen LogP contribution in [0.25, 0.3) is 0 Å². The summed E-state index contributed by atoms with van der Waals surface area (Å²) in [4.78, 5) is 11.1. The number of aromatic nitrogens is 2. The fourth-order valence-corrected chi connectivity index (χ4v) is 2.06. The lowest BCUT2D eigenvalue weighted by molar-refractivity contribution is 0.858. The maximum Gasteiger partial charge on any atom is 0.134 e. The zero-order valence-electron chi connectivity index (χ0n) is 12.6. The van der Waals surface area contributed by atoms with Crippen molar-refractivity contribution in [2.45, 2.75) is 33.4 Å². The van der Waals surface area contributed by atoms with Crippen LogP contribution in [0.4, 0.5) is 11.6 Å². The Morgan fingerprint density at radius 2 is 1.85 bits per heavy atom. The molecule has 106 valence electrons. The first-order chi connectivity index (χ1) is 9.54. The molecule has 0 atom stereocenters. The van der Waals surface area contributed by atoms with E-state index in [1.165, 1.54) is 5.56 Å². The molecule has 0 aliphatic heterocycles. The predicted octanol–water partition coefficient (Wildman–Crippen LogP) is 3.24. The lowest BCUT2D eigenvalue weighted by Gasteiger charge is -2.20. The topological polar surface area (TPSA) is 41.1 Å². The third kappa shape index (κ3) is 3.95. The van der Waals surface area contributed by atoms with Gasteiger partial charge in [0.25, 0.3) is 0 Å². The summed E-state index contributed by atoms with van der Waals surface area (Å²) in [5.41, 5.74) is 1.27. The van der Waals surface area contributed by atoms with Crippen molar-refractivity contribution in [1.82, 2.24) is 9.97 Å². The van der Waals surface area contributed by atoms with Gasteiger partial charge in [0.15, 0.2) is 0 Å². The highest BCUT2D eigenvalue weighted by Gasteiger charge is 2.08. The van der Waals surface area contributed by atoms with Crippen LogP contribution in [-0.2, 0) is 6.54 Å². The zero-order chi connectivity index (χ0) is 14.5. The molecule has 1 aromatic heterocycles. The fraction of sp³-hybridized carbons (Fsp3) is 0.375. The van der Waals surface area contributed by atoms with Crippen molar-refractivity contribution in [2.75, 3.05) is 17.3 Å². The van der Waals surface area contributed by atoms with Crippen molar-refractivity contribution in [3.63, 3.8) is 0 Å². The van der Waals surface area contributed by atoms with Gasteiger partial charge in [0.2, 0.25) is 0 Å². The first-order valence-corrected chi connectivity index (χ1v) is 6.92. The minimum atomic E-state index is 0.358. The highest BCUT2D eigenvalue weighted by Crippen LogP contribution is 2.17. The van der Waals surface area contributed by atoms with Crippen LogP contribution in [0.15, 0.2) is 36.4 Å². The quantitative estimate of drug-likeness (QED) is 0.905. The predicted molar refractivity (Wildman–Crippen MR) is 84.1 cm³/mol. The molecule has 0 spiro atoms. The molecule has 0 unspecified atom stereocenters. The van der Waals surface area contributed by atoms with E-state index >= 15 is 0 Å². The molecule has 0 radical (unpaired) electrons. The van der Waals surface area contributed by atoms with E-state index in [1.807, 2.05) is 26.1 Å². The van der Waals surface area contributed by atoms with Gasteiger partial charge in [-0.1, -0.05) is 30.3 Å². The average Bonchev–Trinajstić information content (AvgIpc) is 2.38. The van der Waals surface area contributed by atoms with Crippen LogP contribution in [0.5, 0.6) is 0 Å². The molecule has 20 heavy (non-hydrogen) atoms. The molecule has 0 saturated carbocycles. The number of anilines is 2. The third-order valence-corrected chi connectivity index (χ3v) is 2.91. The summed E-state index contributed by atoms with van der Waals surface area (Å²) in [7, 11) is 2.05. The Balaban J connectivity index is 2.16. The SMILES string of the molecule is Cc1nc(NC(C)C)cc(N(C)Cc2ccccc2)n1. The van der Waals surface area contributed by atoms with Crippen LogP contribution in [0.3, 0.4) is 0 Å². The lowest BCUT2D eigenvalue weighted by Crippen LogP contribution is -2.19. The van der Waals surface area contributed by atoms with Gasteiger partial charge in [0.1, 0.15) is 17.5 Å². The molecule has 0 fully saturated rings. The average molecular weight is 270 g/mol. The Kier molecular flexibility index (Phi) is 4.56. The Hall–Kier alpha value is -2.10. The van der Waals surface area contributed by atoms with Gasteiger partial charge in [0, 0.05) is 25.7 Å². The second-order valence-corrected chi connectivity index (χ2v) is 5.30. The van der Waals surface area contributed by atoms with Crippen LogP contribution in [0.1, 0.15) is 25.2 Å². The van der Waals surface area contributed by atoms with Gasteiger partial charge in [-0.3, -0.25) is 0 Å². The summed E-state index contributed by atoms with van der Waals surface area (Å²) in [6.45, 7) is 6.96. The molecule has 0 saturated heterocycles. The van der Waals surface area contributed by atoms with Crippen molar-refractivity contribution in [3.05, 3.63) is 47.8 Å². The van der Waals surface area contributed by atoms with Gasteiger partial charge < -0.3 is 10.2 Å². The standard InChI is InChI=1S/C16H22N4/c1-12(2)17-15-10-16(19-13(3)18-15)20(4)11-14-8-6-5-7-9-14/h5-10,12H,11H2,1-4H3,(H,17,18,19). The number of nitrogens with zero attached hydrogens (tertiary/aromatic N) is 3. The second-order valence-electron chi connectivity index (χ2n) is 5.30. The molecule has 2 aromatic rings. The Morgan fingerprint density at radius 3 is 2.50 bits per heavy atom. The first-order valence-electron chi connectivity index (χ1n) is 6.92. The number of benzene rings is 1. The van der Waals surface area contributed by atoms with E-state index in [9.17, 15) is 0 Å². The lowest BCUT2D eigenvalue weighted by atomic mass is 10.2. The van der Waals surface area contributed by atoms with E-state index in [0.29, 0.717) is 6.04 Å². The zero-order valence-corrected chi connectivity index (χ0v) is 12.6. The third-order valence-electron chi connectivity index (χ3n) is 2.91. The fourth-order valence-electron chi connectivity index (χ4n) is 2.06. The van der Waals surface area contributed by atoms with Gasteiger partial charge in [-0.25, -0.2) is 9.97 Å². The highest BCUT2D eigenvalue weighted by atomic mass is 15.2. The minimum absolute atomic E-state index is 0.358. The van der Waals surface area contributed by atoms with Crippen LogP contribution in [-0.4, -0.2) is 23.1 Å². The molecule has 1 aromatic carbocycles. The van der Waals surface area contributed by atoms with Crippen LogP contribution < -0.4 is 10.2 Å².